The van der Waals surface area contributed by atoms with Crippen LogP contribution < -0.4 is 10.6 Å². The molecular weight excluding hydrogens is 220 g/mol. The van der Waals surface area contributed by atoms with Crippen LogP contribution in [0.4, 0.5) is 4.79 Å². The molecule has 0 saturated heterocycles. The number of carboxylic acid groups (broad SMARTS) is 1. The predicted octanol–water partition coefficient (Wildman–Crippen LogP) is 1.59. The van der Waals surface area contributed by atoms with Gasteiger partial charge in [0.05, 0.1) is 5.41 Å². The summed E-state index contributed by atoms with van der Waals surface area (Å²) in [5, 5.41) is 14.3. The van der Waals surface area contributed by atoms with Crippen molar-refractivity contribution in [1.29, 1.82) is 0 Å². The van der Waals surface area contributed by atoms with Gasteiger partial charge >= 0.3 is 12.0 Å². The summed E-state index contributed by atoms with van der Waals surface area (Å²) in [7, 11) is 0. The highest BCUT2D eigenvalue weighted by Gasteiger charge is 2.50. The highest BCUT2D eigenvalue weighted by Crippen LogP contribution is 2.45. The van der Waals surface area contributed by atoms with Crippen molar-refractivity contribution in [1.82, 2.24) is 10.6 Å². The van der Waals surface area contributed by atoms with E-state index in [4.69, 9.17) is 5.11 Å². The fourth-order valence-corrected chi connectivity index (χ4v) is 1.37. The Balaban J connectivity index is 2.25. The van der Waals surface area contributed by atoms with E-state index in [2.05, 4.69) is 31.4 Å². The van der Waals surface area contributed by atoms with Gasteiger partial charge < -0.3 is 15.7 Å². The molecule has 98 valence electrons. The van der Waals surface area contributed by atoms with Crippen molar-refractivity contribution < 1.29 is 14.7 Å². The number of amides is 2. The maximum Gasteiger partial charge on any atom is 0.314 e. The second-order valence-electron chi connectivity index (χ2n) is 5.64. The van der Waals surface area contributed by atoms with Crippen molar-refractivity contribution in [2.45, 2.75) is 40.0 Å². The molecule has 3 N–H and O–H groups in total. The number of hydrogen-bond donors (Lipinski definition) is 3. The minimum Gasteiger partial charge on any atom is -0.481 e. The Morgan fingerprint density at radius 2 is 1.88 bits per heavy atom. The van der Waals surface area contributed by atoms with Crippen LogP contribution >= 0.6 is 0 Å². The third kappa shape index (κ3) is 3.91. The second-order valence-corrected chi connectivity index (χ2v) is 5.64. The number of rotatable bonds is 6. The van der Waals surface area contributed by atoms with Crippen LogP contribution in [0.3, 0.4) is 0 Å². The van der Waals surface area contributed by atoms with E-state index in [-0.39, 0.29) is 18.0 Å². The lowest BCUT2D eigenvalue weighted by atomic mass is 9.90. The number of nitrogens with one attached hydrogen (secondary N) is 2. The number of carbonyl (C=O) groups excluding carboxylic acids is 1. The van der Waals surface area contributed by atoms with Crippen molar-refractivity contribution in [2.75, 3.05) is 13.1 Å². The summed E-state index contributed by atoms with van der Waals surface area (Å²) in [4.78, 5) is 22.4. The molecule has 1 aliphatic carbocycles. The zero-order valence-corrected chi connectivity index (χ0v) is 10.8. The number of carbonyl (C=O) groups is 2. The molecule has 5 heteroatoms. The number of carboxylic acids is 1. The Labute approximate surface area is 102 Å². The summed E-state index contributed by atoms with van der Waals surface area (Å²) in [6.07, 6.45) is 2.29. The molecule has 0 unspecified atom stereocenters. The Kier molecular flexibility index (Phi) is 4.01. The molecule has 0 bridgehead atoms. The lowest BCUT2D eigenvalue weighted by Crippen LogP contribution is -2.43. The van der Waals surface area contributed by atoms with Gasteiger partial charge in [-0.25, -0.2) is 4.79 Å². The Hall–Kier alpha value is -1.26. The molecule has 17 heavy (non-hydrogen) atoms. The third-order valence-electron chi connectivity index (χ3n) is 3.58. The number of hydrogen-bond acceptors (Lipinski definition) is 2. The smallest absolute Gasteiger partial charge is 0.314 e. The van der Waals surface area contributed by atoms with Crippen LogP contribution in [0, 0.1) is 10.8 Å². The minimum absolute atomic E-state index is 0.0708. The van der Waals surface area contributed by atoms with Crippen molar-refractivity contribution in [2.24, 2.45) is 10.8 Å². The predicted molar refractivity (Wildman–Crippen MR) is 64.8 cm³/mol. The Morgan fingerprint density at radius 1 is 1.29 bits per heavy atom. The molecular formula is C12H22N2O3. The van der Waals surface area contributed by atoms with Gasteiger partial charge in [-0.2, -0.15) is 0 Å². The molecule has 0 aliphatic heterocycles. The first kappa shape index (κ1) is 13.8. The first-order valence-corrected chi connectivity index (χ1v) is 6.06. The topological polar surface area (TPSA) is 78.4 Å². The maximum absolute atomic E-state index is 11.5. The van der Waals surface area contributed by atoms with E-state index < -0.39 is 11.4 Å². The van der Waals surface area contributed by atoms with Gasteiger partial charge in [-0.05, 0) is 24.7 Å². The average Bonchev–Trinajstić information content (AvgIpc) is 3.05. The summed E-state index contributed by atoms with van der Waals surface area (Å²) in [6.45, 7) is 7.04. The Morgan fingerprint density at radius 3 is 2.29 bits per heavy atom. The van der Waals surface area contributed by atoms with Gasteiger partial charge in [0.2, 0.25) is 0 Å². The molecule has 0 atom stereocenters. The molecule has 1 saturated carbocycles. The summed E-state index contributed by atoms with van der Waals surface area (Å²) in [5.74, 6) is -0.813. The van der Waals surface area contributed by atoms with Gasteiger partial charge in [-0.3, -0.25) is 4.79 Å². The van der Waals surface area contributed by atoms with E-state index in [1.165, 1.54) is 0 Å². The molecule has 0 aromatic carbocycles. The maximum atomic E-state index is 11.5. The van der Waals surface area contributed by atoms with Gasteiger partial charge in [-0.1, -0.05) is 20.8 Å². The number of aliphatic carboxylic acids is 1. The van der Waals surface area contributed by atoms with E-state index in [0.717, 1.165) is 6.42 Å². The van der Waals surface area contributed by atoms with Gasteiger partial charge in [0.15, 0.2) is 0 Å². The van der Waals surface area contributed by atoms with Crippen molar-refractivity contribution in [3.05, 3.63) is 0 Å². The van der Waals surface area contributed by atoms with E-state index in [0.29, 0.717) is 19.4 Å². The van der Waals surface area contributed by atoms with Crippen LogP contribution in [0.1, 0.15) is 40.0 Å². The SMILES string of the molecule is CCC(C)(C)CNC(=O)NCC1(C(=O)O)CC1. The van der Waals surface area contributed by atoms with E-state index >= 15 is 0 Å². The van der Waals surface area contributed by atoms with Gasteiger partial charge in [0.25, 0.3) is 0 Å². The van der Waals surface area contributed by atoms with Gasteiger partial charge in [-0.15, -0.1) is 0 Å². The molecule has 0 aromatic heterocycles. The minimum atomic E-state index is -0.813. The standard InChI is InChI=1S/C12H22N2O3/c1-4-11(2,3)7-13-10(17)14-8-12(5-6-12)9(15)16/h4-8H2,1-3H3,(H,15,16)(H2,13,14,17). The monoisotopic (exact) mass is 242 g/mol. The Bertz CT molecular complexity index is 309. The van der Waals surface area contributed by atoms with Crippen molar-refractivity contribution in [3.8, 4) is 0 Å². The molecule has 1 fully saturated rings. The third-order valence-corrected chi connectivity index (χ3v) is 3.58. The van der Waals surface area contributed by atoms with Crippen LogP contribution in [0.5, 0.6) is 0 Å². The molecule has 0 radical (unpaired) electrons. The lowest BCUT2D eigenvalue weighted by Gasteiger charge is -2.23. The molecule has 0 spiro atoms. The fraction of sp³-hybridized carbons (Fsp3) is 0.833. The summed E-state index contributed by atoms with van der Waals surface area (Å²) in [6, 6.07) is -0.279. The largest absolute Gasteiger partial charge is 0.481 e. The van der Waals surface area contributed by atoms with Crippen LogP contribution in [0.15, 0.2) is 0 Å². The lowest BCUT2D eigenvalue weighted by molar-refractivity contribution is -0.143. The van der Waals surface area contributed by atoms with Gasteiger partial charge in [0, 0.05) is 13.1 Å². The first-order chi connectivity index (χ1) is 7.81. The van der Waals surface area contributed by atoms with E-state index in [1.54, 1.807) is 0 Å². The molecule has 5 nitrogen and oxygen atoms in total. The summed E-state index contributed by atoms with van der Waals surface area (Å²) < 4.78 is 0. The van der Waals surface area contributed by atoms with Crippen LogP contribution in [-0.4, -0.2) is 30.2 Å². The van der Waals surface area contributed by atoms with Crippen molar-refractivity contribution >= 4 is 12.0 Å². The second kappa shape index (κ2) is 4.94. The van der Waals surface area contributed by atoms with Crippen LogP contribution in [0.25, 0.3) is 0 Å². The molecule has 0 heterocycles. The number of urea groups is 1. The fourth-order valence-electron chi connectivity index (χ4n) is 1.37. The highest BCUT2D eigenvalue weighted by atomic mass is 16.4. The molecule has 2 amide bonds. The van der Waals surface area contributed by atoms with Crippen molar-refractivity contribution in [3.63, 3.8) is 0 Å². The van der Waals surface area contributed by atoms with E-state index in [1.807, 2.05) is 0 Å². The average molecular weight is 242 g/mol. The molecule has 1 aliphatic rings. The summed E-state index contributed by atoms with van der Waals surface area (Å²) in [5.41, 5.74) is -0.626. The quantitative estimate of drug-likeness (QED) is 0.661. The summed E-state index contributed by atoms with van der Waals surface area (Å²) >= 11 is 0. The molecule has 0 aromatic rings. The van der Waals surface area contributed by atoms with E-state index in [9.17, 15) is 9.59 Å². The van der Waals surface area contributed by atoms with Crippen LogP contribution in [-0.2, 0) is 4.79 Å². The van der Waals surface area contributed by atoms with Gasteiger partial charge in [0.1, 0.15) is 0 Å². The van der Waals surface area contributed by atoms with Crippen LogP contribution in [0.2, 0.25) is 0 Å². The zero-order chi connectivity index (χ0) is 13.1. The first-order valence-electron chi connectivity index (χ1n) is 6.06. The normalized spacial score (nSPS) is 17.4. The zero-order valence-electron chi connectivity index (χ0n) is 10.8. The highest BCUT2D eigenvalue weighted by molar-refractivity contribution is 5.80. The molecule has 1 rings (SSSR count).